The number of nitrogens with zero attached hydrogens (tertiary/aromatic N) is 1. The van der Waals surface area contributed by atoms with Gasteiger partial charge in [-0.15, -0.1) is 11.8 Å². The SMILES string of the molecule is C[C@@H](CN)NC(=O)CSc1ccc([N+](=O)[O-])cc1. The summed E-state index contributed by atoms with van der Waals surface area (Å²) in [6.45, 7) is 2.22. The molecule has 0 radical (unpaired) electrons. The van der Waals surface area contributed by atoms with Crippen LogP contribution in [0.4, 0.5) is 5.69 Å². The number of carbonyl (C=O) groups is 1. The monoisotopic (exact) mass is 269 g/mol. The van der Waals surface area contributed by atoms with Gasteiger partial charge >= 0.3 is 0 Å². The Bertz CT molecular complexity index is 422. The molecule has 0 fully saturated rings. The number of carbonyl (C=O) groups excluding carboxylic acids is 1. The molecule has 1 aromatic carbocycles. The van der Waals surface area contributed by atoms with Crippen molar-refractivity contribution < 1.29 is 9.72 Å². The molecule has 98 valence electrons. The number of nitro benzene ring substituents is 1. The molecular formula is C11H15N3O3S. The Balaban J connectivity index is 2.44. The standard InChI is InChI=1S/C11H15N3O3S/c1-8(6-12)13-11(15)7-18-10-4-2-9(3-5-10)14(16)17/h2-5,8H,6-7,12H2,1H3,(H,13,15)/t8-/m0/s1. The Morgan fingerprint density at radius 2 is 2.11 bits per heavy atom. The second kappa shape index (κ2) is 6.97. The third-order valence-corrected chi connectivity index (χ3v) is 3.19. The molecule has 0 aromatic heterocycles. The van der Waals surface area contributed by atoms with E-state index in [1.54, 1.807) is 12.1 Å². The van der Waals surface area contributed by atoms with Crippen LogP contribution in [0, 0.1) is 10.1 Å². The Morgan fingerprint density at radius 1 is 1.50 bits per heavy atom. The molecule has 0 saturated carbocycles. The summed E-state index contributed by atoms with van der Waals surface area (Å²) in [6, 6.07) is 6.05. The van der Waals surface area contributed by atoms with E-state index in [0.29, 0.717) is 6.54 Å². The number of nitrogens with two attached hydrogens (primary N) is 1. The highest BCUT2D eigenvalue weighted by molar-refractivity contribution is 8.00. The van der Waals surface area contributed by atoms with Gasteiger partial charge < -0.3 is 11.1 Å². The molecule has 0 spiro atoms. The van der Waals surface area contributed by atoms with Gasteiger partial charge in [0, 0.05) is 29.6 Å². The number of nitro groups is 1. The quantitative estimate of drug-likeness (QED) is 0.458. The molecule has 1 aromatic rings. The van der Waals surface area contributed by atoms with Crippen molar-refractivity contribution >= 4 is 23.4 Å². The van der Waals surface area contributed by atoms with E-state index in [1.807, 2.05) is 6.92 Å². The smallest absolute Gasteiger partial charge is 0.269 e. The average molecular weight is 269 g/mol. The molecule has 3 N–H and O–H groups in total. The Labute approximate surface area is 109 Å². The molecule has 7 heteroatoms. The van der Waals surface area contributed by atoms with Crippen LogP contribution in [0.25, 0.3) is 0 Å². The predicted octanol–water partition coefficient (Wildman–Crippen LogP) is 1.15. The van der Waals surface area contributed by atoms with Gasteiger partial charge in [-0.2, -0.15) is 0 Å². The van der Waals surface area contributed by atoms with Gasteiger partial charge in [0.2, 0.25) is 5.91 Å². The zero-order valence-electron chi connectivity index (χ0n) is 9.96. The molecule has 0 bridgehead atoms. The van der Waals surface area contributed by atoms with Crippen LogP contribution in [0.5, 0.6) is 0 Å². The van der Waals surface area contributed by atoms with Gasteiger partial charge in [-0.05, 0) is 19.1 Å². The third kappa shape index (κ3) is 4.72. The van der Waals surface area contributed by atoms with E-state index in [0.717, 1.165) is 4.90 Å². The Hall–Kier alpha value is -1.60. The van der Waals surface area contributed by atoms with Crippen LogP contribution in [-0.4, -0.2) is 29.2 Å². The summed E-state index contributed by atoms with van der Waals surface area (Å²) in [7, 11) is 0. The van der Waals surface area contributed by atoms with Crippen molar-refractivity contribution in [1.82, 2.24) is 5.32 Å². The molecule has 0 heterocycles. The van der Waals surface area contributed by atoms with E-state index >= 15 is 0 Å². The molecule has 1 rings (SSSR count). The van der Waals surface area contributed by atoms with E-state index in [4.69, 9.17) is 5.73 Å². The minimum Gasteiger partial charge on any atom is -0.352 e. The molecule has 6 nitrogen and oxygen atoms in total. The molecule has 0 aliphatic rings. The minimum absolute atomic E-state index is 0.0422. The molecule has 0 aliphatic carbocycles. The van der Waals surface area contributed by atoms with Crippen LogP contribution in [0.2, 0.25) is 0 Å². The van der Waals surface area contributed by atoms with Crippen molar-refractivity contribution in [2.24, 2.45) is 5.73 Å². The lowest BCUT2D eigenvalue weighted by atomic mass is 10.3. The fraction of sp³-hybridized carbons (Fsp3) is 0.364. The number of rotatable bonds is 6. The van der Waals surface area contributed by atoms with E-state index < -0.39 is 4.92 Å². The Kier molecular flexibility index (Phi) is 5.60. The lowest BCUT2D eigenvalue weighted by Crippen LogP contribution is -2.38. The van der Waals surface area contributed by atoms with E-state index in [2.05, 4.69) is 5.32 Å². The highest BCUT2D eigenvalue weighted by atomic mass is 32.2. The summed E-state index contributed by atoms with van der Waals surface area (Å²) in [6.07, 6.45) is 0. The maximum absolute atomic E-state index is 11.5. The molecule has 0 saturated heterocycles. The van der Waals surface area contributed by atoms with Crippen LogP contribution < -0.4 is 11.1 Å². The van der Waals surface area contributed by atoms with Crippen molar-refractivity contribution in [2.75, 3.05) is 12.3 Å². The first kappa shape index (κ1) is 14.5. The first-order chi connectivity index (χ1) is 8.52. The van der Waals surface area contributed by atoms with E-state index in [-0.39, 0.29) is 23.4 Å². The number of hydrogen-bond acceptors (Lipinski definition) is 5. The summed E-state index contributed by atoms with van der Waals surface area (Å²) in [5.74, 6) is 0.165. The first-order valence-corrected chi connectivity index (χ1v) is 6.38. The number of benzene rings is 1. The fourth-order valence-electron chi connectivity index (χ4n) is 1.19. The lowest BCUT2D eigenvalue weighted by Gasteiger charge is -2.10. The molecule has 0 aliphatic heterocycles. The molecular weight excluding hydrogens is 254 g/mol. The van der Waals surface area contributed by atoms with Crippen LogP contribution in [0.1, 0.15) is 6.92 Å². The summed E-state index contributed by atoms with van der Waals surface area (Å²) < 4.78 is 0. The van der Waals surface area contributed by atoms with Gasteiger partial charge in [-0.1, -0.05) is 0 Å². The fourth-order valence-corrected chi connectivity index (χ4v) is 1.90. The summed E-state index contributed by atoms with van der Waals surface area (Å²) in [5.41, 5.74) is 5.43. The van der Waals surface area contributed by atoms with Crippen molar-refractivity contribution in [1.29, 1.82) is 0 Å². The average Bonchev–Trinajstić information content (AvgIpc) is 2.36. The first-order valence-electron chi connectivity index (χ1n) is 5.39. The van der Waals surface area contributed by atoms with E-state index in [9.17, 15) is 14.9 Å². The molecule has 1 amide bonds. The second-order valence-corrected chi connectivity index (χ2v) is 4.79. The van der Waals surface area contributed by atoms with Crippen LogP contribution in [0.15, 0.2) is 29.2 Å². The largest absolute Gasteiger partial charge is 0.352 e. The number of non-ortho nitro benzene ring substituents is 1. The third-order valence-electron chi connectivity index (χ3n) is 2.18. The normalized spacial score (nSPS) is 11.9. The summed E-state index contributed by atoms with van der Waals surface area (Å²) in [5, 5.41) is 13.2. The number of hydrogen-bond donors (Lipinski definition) is 2. The Morgan fingerprint density at radius 3 is 2.61 bits per heavy atom. The summed E-state index contributed by atoms with van der Waals surface area (Å²) >= 11 is 1.33. The van der Waals surface area contributed by atoms with Crippen molar-refractivity contribution in [3.63, 3.8) is 0 Å². The van der Waals surface area contributed by atoms with Gasteiger partial charge in [-0.25, -0.2) is 0 Å². The number of thioether (sulfide) groups is 1. The maximum Gasteiger partial charge on any atom is 0.269 e. The maximum atomic E-state index is 11.5. The highest BCUT2D eigenvalue weighted by Gasteiger charge is 2.08. The number of amides is 1. The van der Waals surface area contributed by atoms with E-state index in [1.165, 1.54) is 23.9 Å². The molecule has 18 heavy (non-hydrogen) atoms. The van der Waals surface area contributed by atoms with Crippen LogP contribution in [-0.2, 0) is 4.79 Å². The van der Waals surface area contributed by atoms with Gasteiger partial charge in [-0.3, -0.25) is 14.9 Å². The number of nitrogens with one attached hydrogen (secondary N) is 1. The van der Waals surface area contributed by atoms with Crippen molar-refractivity contribution in [3.8, 4) is 0 Å². The van der Waals surface area contributed by atoms with Gasteiger partial charge in [0.1, 0.15) is 0 Å². The van der Waals surface area contributed by atoms with Crippen LogP contribution >= 0.6 is 11.8 Å². The van der Waals surface area contributed by atoms with Gasteiger partial charge in [0.15, 0.2) is 0 Å². The molecule has 0 unspecified atom stereocenters. The van der Waals surface area contributed by atoms with Gasteiger partial charge in [0.05, 0.1) is 10.7 Å². The lowest BCUT2D eigenvalue weighted by molar-refractivity contribution is -0.384. The predicted molar refractivity (Wildman–Crippen MR) is 70.5 cm³/mol. The highest BCUT2D eigenvalue weighted by Crippen LogP contribution is 2.20. The minimum atomic E-state index is -0.454. The van der Waals surface area contributed by atoms with Crippen molar-refractivity contribution in [3.05, 3.63) is 34.4 Å². The zero-order chi connectivity index (χ0) is 13.5. The van der Waals surface area contributed by atoms with Gasteiger partial charge in [0.25, 0.3) is 5.69 Å². The van der Waals surface area contributed by atoms with Crippen LogP contribution in [0.3, 0.4) is 0 Å². The zero-order valence-corrected chi connectivity index (χ0v) is 10.8. The summed E-state index contributed by atoms with van der Waals surface area (Å²) in [4.78, 5) is 22.3. The second-order valence-electron chi connectivity index (χ2n) is 3.74. The molecule has 1 atom stereocenters. The topological polar surface area (TPSA) is 98.3 Å². The van der Waals surface area contributed by atoms with Crippen molar-refractivity contribution in [2.45, 2.75) is 17.9 Å².